The molecule has 0 saturated heterocycles. The normalized spacial score (nSPS) is 17.8. The summed E-state index contributed by atoms with van der Waals surface area (Å²) in [4.78, 5) is 0. The lowest BCUT2D eigenvalue weighted by atomic mass is 9.95. The summed E-state index contributed by atoms with van der Waals surface area (Å²) in [7, 11) is 0. The number of benzene rings is 2. The summed E-state index contributed by atoms with van der Waals surface area (Å²) in [6.07, 6.45) is 9.05. The second-order valence-electron chi connectivity index (χ2n) is 5.30. The molecule has 3 rings (SSSR count). The summed E-state index contributed by atoms with van der Waals surface area (Å²) in [6.45, 7) is 6.59. The Labute approximate surface area is 109 Å². The molecule has 0 unspecified atom stereocenters. The molecular formula is C18H18. The van der Waals surface area contributed by atoms with E-state index in [0.29, 0.717) is 5.92 Å². The van der Waals surface area contributed by atoms with Crippen LogP contribution in [0.1, 0.15) is 29.2 Å². The Morgan fingerprint density at radius 3 is 2.44 bits per heavy atom. The molecule has 0 spiro atoms. The third-order valence-corrected chi connectivity index (χ3v) is 3.86. The van der Waals surface area contributed by atoms with Crippen LogP contribution in [0.25, 0.3) is 22.9 Å². The van der Waals surface area contributed by atoms with Gasteiger partial charge in [-0.1, -0.05) is 55.5 Å². The molecule has 18 heavy (non-hydrogen) atoms. The molecule has 0 bridgehead atoms. The number of hydrogen-bond acceptors (Lipinski definition) is 0. The van der Waals surface area contributed by atoms with Crippen molar-refractivity contribution >= 4 is 22.9 Å². The third-order valence-electron chi connectivity index (χ3n) is 3.86. The van der Waals surface area contributed by atoms with Crippen molar-refractivity contribution < 1.29 is 0 Å². The number of rotatable bonds is 0. The standard InChI is InChI=1S/C18H18/c1-12-4-6-15-7-8-16-10-13(2)14(3)11-18(16)17(15)9-5-12/h4-12H,1-3H3/t12-/m0/s1. The Balaban J connectivity index is 2.36. The van der Waals surface area contributed by atoms with Gasteiger partial charge in [-0.05, 0) is 52.8 Å². The number of allylic oxidation sites excluding steroid dienone is 2. The van der Waals surface area contributed by atoms with Gasteiger partial charge in [0.1, 0.15) is 0 Å². The van der Waals surface area contributed by atoms with E-state index in [1.54, 1.807) is 0 Å². The average molecular weight is 234 g/mol. The van der Waals surface area contributed by atoms with Gasteiger partial charge in [0.05, 0.1) is 0 Å². The van der Waals surface area contributed by atoms with Crippen LogP contribution in [0.5, 0.6) is 0 Å². The zero-order chi connectivity index (χ0) is 12.7. The SMILES string of the molecule is Cc1cc2ccc3c(c2cc1C)C=C[C@@H](C)C=C3. The molecule has 0 saturated carbocycles. The molecule has 1 aliphatic rings. The topological polar surface area (TPSA) is 0 Å². The molecule has 2 aromatic rings. The van der Waals surface area contributed by atoms with E-state index in [2.05, 4.69) is 69.3 Å². The van der Waals surface area contributed by atoms with E-state index in [0.717, 1.165) is 0 Å². The number of aryl methyl sites for hydroxylation is 2. The highest BCUT2D eigenvalue weighted by atomic mass is 14.1. The molecule has 0 aromatic heterocycles. The van der Waals surface area contributed by atoms with Crippen molar-refractivity contribution in [1.82, 2.24) is 0 Å². The minimum Gasteiger partial charge on any atom is -0.0773 e. The van der Waals surface area contributed by atoms with Crippen LogP contribution in [0.15, 0.2) is 36.4 Å². The van der Waals surface area contributed by atoms with E-state index in [4.69, 9.17) is 0 Å². The molecule has 0 nitrogen and oxygen atoms in total. The van der Waals surface area contributed by atoms with Crippen molar-refractivity contribution in [1.29, 1.82) is 0 Å². The highest BCUT2D eigenvalue weighted by Crippen LogP contribution is 2.29. The van der Waals surface area contributed by atoms with E-state index >= 15 is 0 Å². The molecule has 1 atom stereocenters. The summed E-state index contributed by atoms with van der Waals surface area (Å²) in [5.41, 5.74) is 5.41. The van der Waals surface area contributed by atoms with Gasteiger partial charge in [-0.3, -0.25) is 0 Å². The Bertz CT molecular complexity index is 672. The quantitative estimate of drug-likeness (QED) is 0.592. The smallest absolute Gasteiger partial charge is 0.00752 e. The second kappa shape index (κ2) is 4.13. The van der Waals surface area contributed by atoms with Crippen LogP contribution in [-0.2, 0) is 0 Å². The van der Waals surface area contributed by atoms with Crippen LogP contribution in [-0.4, -0.2) is 0 Å². The summed E-state index contributed by atoms with van der Waals surface area (Å²) < 4.78 is 0. The van der Waals surface area contributed by atoms with Crippen LogP contribution in [0.2, 0.25) is 0 Å². The molecule has 2 aromatic carbocycles. The van der Waals surface area contributed by atoms with Crippen LogP contribution in [0.4, 0.5) is 0 Å². The molecular weight excluding hydrogens is 216 g/mol. The zero-order valence-electron chi connectivity index (χ0n) is 11.2. The predicted octanol–water partition coefficient (Wildman–Crippen LogP) is 5.13. The zero-order valence-corrected chi connectivity index (χ0v) is 11.2. The van der Waals surface area contributed by atoms with E-state index in [1.807, 2.05) is 0 Å². The van der Waals surface area contributed by atoms with Crippen LogP contribution < -0.4 is 0 Å². The van der Waals surface area contributed by atoms with Crippen molar-refractivity contribution in [2.75, 3.05) is 0 Å². The van der Waals surface area contributed by atoms with Gasteiger partial charge in [-0.15, -0.1) is 0 Å². The van der Waals surface area contributed by atoms with E-state index in [-0.39, 0.29) is 0 Å². The first kappa shape index (κ1) is 11.3. The fraction of sp³-hybridized carbons (Fsp3) is 0.222. The summed E-state index contributed by atoms with van der Waals surface area (Å²) in [5, 5.41) is 2.70. The van der Waals surface area contributed by atoms with Crippen molar-refractivity contribution in [3.63, 3.8) is 0 Å². The van der Waals surface area contributed by atoms with Gasteiger partial charge < -0.3 is 0 Å². The van der Waals surface area contributed by atoms with Crippen molar-refractivity contribution in [3.05, 3.63) is 58.7 Å². The van der Waals surface area contributed by atoms with Crippen LogP contribution >= 0.6 is 0 Å². The minimum atomic E-state index is 0.513. The number of hydrogen-bond donors (Lipinski definition) is 0. The lowest BCUT2D eigenvalue weighted by molar-refractivity contribution is 0.954. The summed E-state index contributed by atoms with van der Waals surface area (Å²) in [6, 6.07) is 9.06. The molecule has 0 radical (unpaired) electrons. The first-order chi connectivity index (χ1) is 8.65. The Kier molecular flexibility index (Phi) is 2.59. The Morgan fingerprint density at radius 2 is 1.61 bits per heavy atom. The van der Waals surface area contributed by atoms with Crippen molar-refractivity contribution in [2.24, 2.45) is 5.92 Å². The van der Waals surface area contributed by atoms with Gasteiger partial charge in [-0.25, -0.2) is 0 Å². The molecule has 0 fully saturated rings. The number of fused-ring (bicyclic) bond motifs is 3. The lowest BCUT2D eigenvalue weighted by Crippen LogP contribution is -1.87. The van der Waals surface area contributed by atoms with Gasteiger partial charge in [0.2, 0.25) is 0 Å². The Morgan fingerprint density at radius 1 is 0.889 bits per heavy atom. The van der Waals surface area contributed by atoms with Gasteiger partial charge in [0.15, 0.2) is 0 Å². The lowest BCUT2D eigenvalue weighted by Gasteiger charge is -2.09. The largest absolute Gasteiger partial charge is 0.0773 e. The fourth-order valence-corrected chi connectivity index (χ4v) is 2.53. The van der Waals surface area contributed by atoms with Crippen LogP contribution in [0, 0.1) is 19.8 Å². The Hall–Kier alpha value is -1.82. The molecule has 0 amide bonds. The first-order valence-electron chi connectivity index (χ1n) is 6.55. The van der Waals surface area contributed by atoms with Crippen molar-refractivity contribution in [3.8, 4) is 0 Å². The molecule has 0 aliphatic heterocycles. The summed E-state index contributed by atoms with van der Waals surface area (Å²) in [5.74, 6) is 0.513. The van der Waals surface area contributed by atoms with E-state index < -0.39 is 0 Å². The van der Waals surface area contributed by atoms with Gasteiger partial charge in [0.25, 0.3) is 0 Å². The van der Waals surface area contributed by atoms with Gasteiger partial charge in [0, 0.05) is 0 Å². The molecule has 1 aliphatic carbocycles. The maximum Gasteiger partial charge on any atom is -0.00752 e. The predicted molar refractivity (Wildman–Crippen MR) is 80.7 cm³/mol. The summed E-state index contributed by atoms with van der Waals surface area (Å²) >= 11 is 0. The first-order valence-corrected chi connectivity index (χ1v) is 6.55. The maximum atomic E-state index is 2.32. The maximum absolute atomic E-state index is 2.32. The van der Waals surface area contributed by atoms with Gasteiger partial charge in [-0.2, -0.15) is 0 Å². The second-order valence-corrected chi connectivity index (χ2v) is 5.30. The van der Waals surface area contributed by atoms with E-state index in [1.165, 1.54) is 33.0 Å². The fourth-order valence-electron chi connectivity index (χ4n) is 2.53. The van der Waals surface area contributed by atoms with Crippen LogP contribution in [0.3, 0.4) is 0 Å². The molecule has 90 valence electrons. The average Bonchev–Trinajstić information content (AvgIpc) is 2.54. The van der Waals surface area contributed by atoms with E-state index in [9.17, 15) is 0 Å². The molecule has 0 N–H and O–H groups in total. The van der Waals surface area contributed by atoms with Gasteiger partial charge >= 0.3 is 0 Å². The molecule has 0 heterocycles. The highest BCUT2D eigenvalue weighted by Gasteiger charge is 2.08. The molecule has 0 heteroatoms. The minimum absolute atomic E-state index is 0.513. The third kappa shape index (κ3) is 1.78. The monoisotopic (exact) mass is 234 g/mol. The van der Waals surface area contributed by atoms with Crippen molar-refractivity contribution in [2.45, 2.75) is 20.8 Å². The highest BCUT2D eigenvalue weighted by molar-refractivity contribution is 5.95.